The van der Waals surface area contributed by atoms with Crippen molar-refractivity contribution in [2.75, 3.05) is 39.3 Å². The van der Waals surface area contributed by atoms with Crippen molar-refractivity contribution in [1.82, 2.24) is 10.2 Å². The van der Waals surface area contributed by atoms with Gasteiger partial charge in [0.2, 0.25) is 0 Å². The van der Waals surface area contributed by atoms with Gasteiger partial charge in [-0.3, -0.25) is 0 Å². The van der Waals surface area contributed by atoms with E-state index in [0.717, 1.165) is 31.9 Å². The average Bonchev–Trinajstić information content (AvgIpc) is 2.63. The SMILES string of the molecule is Cc1ccccc1OCCCCCCN1CCNCC1.O=C(O)C(=O)O. The predicted molar refractivity (Wildman–Crippen MR) is 99.7 cm³/mol. The van der Waals surface area contributed by atoms with Crippen LogP contribution in [0.5, 0.6) is 5.75 Å². The second kappa shape index (κ2) is 13.1. The van der Waals surface area contributed by atoms with Crippen molar-refractivity contribution in [3.8, 4) is 5.75 Å². The molecule has 26 heavy (non-hydrogen) atoms. The van der Waals surface area contributed by atoms with Gasteiger partial charge in [0.25, 0.3) is 0 Å². The topological polar surface area (TPSA) is 99.1 Å². The van der Waals surface area contributed by atoms with Crippen LogP contribution in [0.1, 0.15) is 31.2 Å². The lowest BCUT2D eigenvalue weighted by molar-refractivity contribution is -0.159. The second-order valence-corrected chi connectivity index (χ2v) is 6.23. The molecule has 1 aliphatic rings. The standard InChI is InChI=1S/C17H28N2O.C2H2O4/c1-16-8-4-5-9-17(16)20-15-7-3-2-6-12-19-13-10-18-11-14-19;3-1(4)2(5)6/h4-5,8-9,18H,2-3,6-7,10-15H2,1H3;(H,3,4)(H,5,6). The molecule has 1 fully saturated rings. The van der Waals surface area contributed by atoms with Gasteiger partial charge < -0.3 is 25.2 Å². The number of nitrogens with one attached hydrogen (secondary N) is 1. The molecule has 1 saturated heterocycles. The molecule has 146 valence electrons. The van der Waals surface area contributed by atoms with Crippen LogP contribution in [0.4, 0.5) is 0 Å². The molecule has 1 heterocycles. The van der Waals surface area contributed by atoms with Crippen molar-refractivity contribution in [3.63, 3.8) is 0 Å². The van der Waals surface area contributed by atoms with E-state index in [1.165, 1.54) is 44.5 Å². The Kier molecular flexibility index (Phi) is 11.1. The zero-order valence-electron chi connectivity index (χ0n) is 15.4. The lowest BCUT2D eigenvalue weighted by Crippen LogP contribution is -2.43. The number of hydrogen-bond acceptors (Lipinski definition) is 5. The van der Waals surface area contributed by atoms with Gasteiger partial charge in [-0.25, -0.2) is 9.59 Å². The first-order chi connectivity index (χ1) is 12.5. The molecular weight excluding hydrogens is 336 g/mol. The number of benzene rings is 1. The Balaban J connectivity index is 0.000000487. The number of nitrogens with zero attached hydrogens (tertiary/aromatic N) is 1. The van der Waals surface area contributed by atoms with E-state index in [4.69, 9.17) is 24.5 Å². The molecular formula is C19H30N2O5. The quantitative estimate of drug-likeness (QED) is 0.478. The monoisotopic (exact) mass is 366 g/mol. The molecule has 0 amide bonds. The summed E-state index contributed by atoms with van der Waals surface area (Å²) in [5.41, 5.74) is 1.23. The van der Waals surface area contributed by atoms with Gasteiger partial charge in [0.1, 0.15) is 5.75 Å². The molecule has 0 unspecified atom stereocenters. The summed E-state index contributed by atoms with van der Waals surface area (Å²) in [6.45, 7) is 8.96. The van der Waals surface area contributed by atoms with E-state index in [-0.39, 0.29) is 0 Å². The van der Waals surface area contributed by atoms with Crippen molar-refractivity contribution >= 4 is 11.9 Å². The number of unbranched alkanes of at least 4 members (excludes halogenated alkanes) is 3. The molecule has 7 heteroatoms. The van der Waals surface area contributed by atoms with E-state index in [2.05, 4.69) is 35.3 Å². The van der Waals surface area contributed by atoms with Crippen molar-refractivity contribution in [3.05, 3.63) is 29.8 Å². The Morgan fingerprint density at radius 3 is 2.27 bits per heavy atom. The molecule has 0 aliphatic carbocycles. The van der Waals surface area contributed by atoms with Crippen molar-refractivity contribution in [2.45, 2.75) is 32.6 Å². The third-order valence-electron chi connectivity index (χ3n) is 4.11. The minimum atomic E-state index is -1.82. The number of carboxylic acid groups (broad SMARTS) is 2. The van der Waals surface area contributed by atoms with Crippen LogP contribution in [-0.4, -0.2) is 66.4 Å². The van der Waals surface area contributed by atoms with Crippen molar-refractivity contribution in [2.24, 2.45) is 0 Å². The Hall–Kier alpha value is -2.12. The number of piperazine rings is 1. The number of aliphatic carboxylic acids is 2. The summed E-state index contributed by atoms with van der Waals surface area (Å²) in [6, 6.07) is 8.25. The summed E-state index contributed by atoms with van der Waals surface area (Å²) in [4.78, 5) is 20.8. The number of para-hydroxylation sites is 1. The molecule has 3 N–H and O–H groups in total. The van der Waals surface area contributed by atoms with Crippen LogP contribution >= 0.6 is 0 Å². The van der Waals surface area contributed by atoms with E-state index in [0.29, 0.717) is 0 Å². The van der Waals surface area contributed by atoms with E-state index < -0.39 is 11.9 Å². The Labute approximate surface area is 155 Å². The largest absolute Gasteiger partial charge is 0.493 e. The normalized spacial score (nSPS) is 14.2. The van der Waals surface area contributed by atoms with Crippen molar-refractivity contribution in [1.29, 1.82) is 0 Å². The molecule has 0 atom stereocenters. The Morgan fingerprint density at radius 2 is 1.65 bits per heavy atom. The highest BCUT2D eigenvalue weighted by Crippen LogP contribution is 2.16. The van der Waals surface area contributed by atoms with Crippen LogP contribution in [0, 0.1) is 6.92 Å². The summed E-state index contributed by atoms with van der Waals surface area (Å²) in [7, 11) is 0. The van der Waals surface area contributed by atoms with Crippen molar-refractivity contribution < 1.29 is 24.5 Å². The Morgan fingerprint density at radius 1 is 1.04 bits per heavy atom. The molecule has 2 rings (SSSR count). The maximum atomic E-state index is 9.10. The minimum Gasteiger partial charge on any atom is -0.493 e. The smallest absolute Gasteiger partial charge is 0.414 e. The average molecular weight is 366 g/mol. The highest BCUT2D eigenvalue weighted by atomic mass is 16.5. The zero-order valence-corrected chi connectivity index (χ0v) is 15.4. The van der Waals surface area contributed by atoms with Crippen LogP contribution in [0.2, 0.25) is 0 Å². The van der Waals surface area contributed by atoms with Gasteiger partial charge >= 0.3 is 11.9 Å². The molecule has 0 bridgehead atoms. The van der Waals surface area contributed by atoms with Gasteiger partial charge in [-0.15, -0.1) is 0 Å². The fourth-order valence-electron chi connectivity index (χ4n) is 2.63. The summed E-state index contributed by atoms with van der Waals surface area (Å²) < 4.78 is 5.81. The number of aryl methyl sites for hydroxylation is 1. The molecule has 0 aromatic heterocycles. The molecule has 0 radical (unpaired) electrons. The van der Waals surface area contributed by atoms with Crippen LogP contribution in [0.25, 0.3) is 0 Å². The fourth-order valence-corrected chi connectivity index (χ4v) is 2.63. The zero-order chi connectivity index (χ0) is 19.2. The maximum absolute atomic E-state index is 9.10. The maximum Gasteiger partial charge on any atom is 0.414 e. The summed E-state index contributed by atoms with van der Waals surface area (Å²) >= 11 is 0. The Bertz CT molecular complexity index is 532. The van der Waals surface area contributed by atoms with Gasteiger partial charge in [-0.05, 0) is 37.9 Å². The van der Waals surface area contributed by atoms with E-state index >= 15 is 0 Å². The molecule has 7 nitrogen and oxygen atoms in total. The van der Waals surface area contributed by atoms with Gasteiger partial charge in [0.15, 0.2) is 0 Å². The summed E-state index contributed by atoms with van der Waals surface area (Å²) in [5, 5.41) is 18.2. The fraction of sp³-hybridized carbons (Fsp3) is 0.579. The first-order valence-corrected chi connectivity index (χ1v) is 9.08. The van der Waals surface area contributed by atoms with E-state index in [9.17, 15) is 0 Å². The lowest BCUT2D eigenvalue weighted by atomic mass is 10.2. The number of carbonyl (C=O) groups is 2. The highest BCUT2D eigenvalue weighted by Gasteiger charge is 2.08. The summed E-state index contributed by atoms with van der Waals surface area (Å²) in [5.74, 6) is -2.61. The highest BCUT2D eigenvalue weighted by molar-refractivity contribution is 6.27. The first kappa shape index (κ1) is 21.9. The van der Waals surface area contributed by atoms with Crippen LogP contribution < -0.4 is 10.1 Å². The van der Waals surface area contributed by atoms with Gasteiger partial charge in [-0.2, -0.15) is 0 Å². The van der Waals surface area contributed by atoms with Crippen LogP contribution in [0.3, 0.4) is 0 Å². The first-order valence-electron chi connectivity index (χ1n) is 9.08. The number of hydrogen-bond donors (Lipinski definition) is 3. The molecule has 0 spiro atoms. The second-order valence-electron chi connectivity index (χ2n) is 6.23. The predicted octanol–water partition coefficient (Wildman–Crippen LogP) is 2.00. The lowest BCUT2D eigenvalue weighted by Gasteiger charge is -2.27. The number of carboxylic acids is 2. The van der Waals surface area contributed by atoms with E-state index in [1.54, 1.807) is 0 Å². The molecule has 1 aromatic rings. The minimum absolute atomic E-state index is 0.846. The van der Waals surface area contributed by atoms with Gasteiger partial charge in [0.05, 0.1) is 6.61 Å². The van der Waals surface area contributed by atoms with Crippen LogP contribution in [0.15, 0.2) is 24.3 Å². The third kappa shape index (κ3) is 10.0. The molecule has 1 aliphatic heterocycles. The molecule has 0 saturated carbocycles. The third-order valence-corrected chi connectivity index (χ3v) is 4.11. The summed E-state index contributed by atoms with van der Waals surface area (Å²) in [6.07, 6.45) is 5.08. The number of ether oxygens (including phenoxy) is 1. The molecule has 1 aromatic carbocycles. The van der Waals surface area contributed by atoms with Crippen LogP contribution in [-0.2, 0) is 9.59 Å². The van der Waals surface area contributed by atoms with Gasteiger partial charge in [-0.1, -0.05) is 31.0 Å². The number of rotatable bonds is 8. The van der Waals surface area contributed by atoms with Gasteiger partial charge in [0, 0.05) is 26.2 Å². The van der Waals surface area contributed by atoms with E-state index in [1.807, 2.05) is 6.07 Å².